The van der Waals surface area contributed by atoms with Crippen LogP contribution in [0.25, 0.3) is 10.2 Å². The molecule has 0 aliphatic heterocycles. The zero-order valence-corrected chi connectivity index (χ0v) is 12.5. The van der Waals surface area contributed by atoms with Crippen molar-refractivity contribution in [1.29, 1.82) is 0 Å². The normalized spacial score (nSPS) is 12.8. The van der Waals surface area contributed by atoms with Crippen LogP contribution in [-0.4, -0.2) is 22.5 Å². The van der Waals surface area contributed by atoms with Crippen LogP contribution in [0, 0.1) is 23.0 Å². The Morgan fingerprint density at radius 3 is 2.75 bits per heavy atom. The molecule has 0 bridgehead atoms. The quantitative estimate of drug-likeness (QED) is 0.653. The summed E-state index contributed by atoms with van der Waals surface area (Å²) in [5.41, 5.74) is 7.05. The number of nitrogens with one attached hydrogen (secondary N) is 1. The Kier molecular flexibility index (Phi) is 4.20. The number of thiazole rings is 1. The molecule has 6 nitrogen and oxygen atoms in total. The van der Waals surface area contributed by atoms with Crippen molar-refractivity contribution in [2.45, 2.75) is 26.8 Å². The van der Waals surface area contributed by atoms with Gasteiger partial charge >= 0.3 is 0 Å². The highest BCUT2D eigenvalue weighted by atomic mass is 32.1. The molecule has 0 spiro atoms. The van der Waals surface area contributed by atoms with Gasteiger partial charge in [-0.1, -0.05) is 13.8 Å². The van der Waals surface area contributed by atoms with Crippen LogP contribution >= 0.6 is 11.3 Å². The molecule has 1 atom stereocenters. The van der Waals surface area contributed by atoms with E-state index < -0.39 is 0 Å². The van der Waals surface area contributed by atoms with Crippen LogP contribution in [-0.2, 0) is 0 Å². The number of aromatic nitrogens is 1. The Balaban J connectivity index is 2.48. The lowest BCUT2D eigenvalue weighted by molar-refractivity contribution is -0.383. The number of anilines is 1. The first-order valence-electron chi connectivity index (χ1n) is 6.44. The molecular weight excluding hydrogens is 276 g/mol. The summed E-state index contributed by atoms with van der Waals surface area (Å²) in [6, 6.07) is 3.31. The smallest absolute Gasteiger partial charge is 0.293 e. The van der Waals surface area contributed by atoms with Gasteiger partial charge in [0.2, 0.25) is 0 Å². The van der Waals surface area contributed by atoms with Crippen LogP contribution in [0.5, 0.6) is 0 Å². The fourth-order valence-corrected chi connectivity index (χ4v) is 2.88. The summed E-state index contributed by atoms with van der Waals surface area (Å²) >= 11 is 1.46. The van der Waals surface area contributed by atoms with E-state index in [1.165, 1.54) is 11.3 Å². The van der Waals surface area contributed by atoms with E-state index >= 15 is 0 Å². The number of fused-ring (bicyclic) bond motifs is 1. The van der Waals surface area contributed by atoms with Crippen LogP contribution in [0.15, 0.2) is 12.1 Å². The minimum absolute atomic E-state index is 0.00844. The number of hydrogen-bond acceptors (Lipinski definition) is 6. The fourth-order valence-electron chi connectivity index (χ4n) is 2.04. The third-order valence-electron chi connectivity index (χ3n) is 3.21. The van der Waals surface area contributed by atoms with Crippen LogP contribution in [0.2, 0.25) is 0 Å². The SMILES string of the molecule is Cc1nc2cc(NC(CN)C(C)C)c([N+](=O)[O-])cc2s1. The Hall–Kier alpha value is -1.73. The van der Waals surface area contributed by atoms with Crippen molar-refractivity contribution in [1.82, 2.24) is 4.98 Å². The molecule has 1 unspecified atom stereocenters. The van der Waals surface area contributed by atoms with E-state index in [1.54, 1.807) is 12.1 Å². The Bertz CT molecular complexity index is 639. The molecule has 20 heavy (non-hydrogen) atoms. The molecule has 0 saturated carbocycles. The minimum Gasteiger partial charge on any atom is -0.375 e. The highest BCUT2D eigenvalue weighted by Gasteiger charge is 2.20. The van der Waals surface area contributed by atoms with E-state index in [0.29, 0.717) is 12.2 Å². The summed E-state index contributed by atoms with van der Waals surface area (Å²) in [4.78, 5) is 15.2. The fraction of sp³-hybridized carbons (Fsp3) is 0.462. The van der Waals surface area contributed by atoms with Crippen LogP contribution < -0.4 is 11.1 Å². The number of nitrogens with zero attached hydrogens (tertiary/aromatic N) is 2. The summed E-state index contributed by atoms with van der Waals surface area (Å²) in [7, 11) is 0. The van der Waals surface area contributed by atoms with Gasteiger partial charge in [0.25, 0.3) is 5.69 Å². The molecule has 2 rings (SSSR count). The number of nitro groups is 1. The molecule has 0 aliphatic carbocycles. The first-order valence-corrected chi connectivity index (χ1v) is 7.26. The number of nitrogens with two attached hydrogens (primary N) is 1. The number of hydrogen-bond donors (Lipinski definition) is 2. The zero-order valence-electron chi connectivity index (χ0n) is 11.7. The lowest BCUT2D eigenvalue weighted by Gasteiger charge is -2.21. The van der Waals surface area contributed by atoms with E-state index in [1.807, 2.05) is 20.8 Å². The van der Waals surface area contributed by atoms with E-state index in [2.05, 4.69) is 10.3 Å². The molecule has 108 valence electrons. The van der Waals surface area contributed by atoms with Gasteiger partial charge in [-0.3, -0.25) is 10.1 Å². The maximum absolute atomic E-state index is 11.2. The lowest BCUT2D eigenvalue weighted by atomic mass is 10.0. The Morgan fingerprint density at radius 1 is 1.50 bits per heavy atom. The summed E-state index contributed by atoms with van der Waals surface area (Å²) in [5.74, 6) is 0.285. The van der Waals surface area contributed by atoms with Gasteiger partial charge in [0.1, 0.15) is 5.69 Å². The second-order valence-electron chi connectivity index (χ2n) is 5.06. The molecule has 0 amide bonds. The molecule has 0 radical (unpaired) electrons. The lowest BCUT2D eigenvalue weighted by Crippen LogP contribution is -2.33. The topological polar surface area (TPSA) is 94.1 Å². The summed E-state index contributed by atoms with van der Waals surface area (Å²) in [6.45, 7) is 6.37. The molecule has 0 saturated heterocycles. The zero-order chi connectivity index (χ0) is 14.9. The molecule has 3 N–H and O–H groups in total. The Labute approximate surface area is 121 Å². The van der Waals surface area contributed by atoms with Crippen molar-refractivity contribution in [3.05, 3.63) is 27.3 Å². The van der Waals surface area contributed by atoms with E-state index in [4.69, 9.17) is 5.73 Å². The second kappa shape index (κ2) is 5.72. The van der Waals surface area contributed by atoms with Gasteiger partial charge in [0.15, 0.2) is 0 Å². The number of nitro benzene ring substituents is 1. The van der Waals surface area contributed by atoms with Gasteiger partial charge in [-0.05, 0) is 18.9 Å². The van der Waals surface area contributed by atoms with Gasteiger partial charge in [-0.2, -0.15) is 0 Å². The number of rotatable bonds is 5. The van der Waals surface area contributed by atoms with Crippen molar-refractivity contribution >= 4 is 32.9 Å². The third kappa shape index (κ3) is 2.88. The first-order chi connectivity index (χ1) is 9.42. The standard InChI is InChI=1S/C13H18N4O2S/c1-7(2)11(6-14)16-9-4-10-13(20-8(3)15-10)5-12(9)17(18)19/h4-5,7,11,16H,6,14H2,1-3H3. The third-order valence-corrected chi connectivity index (χ3v) is 4.14. The van der Waals surface area contributed by atoms with E-state index in [-0.39, 0.29) is 22.6 Å². The molecule has 2 aromatic rings. The molecule has 7 heteroatoms. The van der Waals surface area contributed by atoms with Crippen molar-refractivity contribution < 1.29 is 4.92 Å². The van der Waals surface area contributed by atoms with Gasteiger partial charge in [0, 0.05) is 18.7 Å². The van der Waals surface area contributed by atoms with Crippen molar-refractivity contribution in [3.63, 3.8) is 0 Å². The molecular formula is C13H18N4O2S. The van der Waals surface area contributed by atoms with Gasteiger partial charge < -0.3 is 11.1 Å². The average Bonchev–Trinajstić information content (AvgIpc) is 2.73. The van der Waals surface area contributed by atoms with Crippen molar-refractivity contribution in [2.75, 3.05) is 11.9 Å². The summed E-state index contributed by atoms with van der Waals surface area (Å²) in [6.07, 6.45) is 0. The maximum atomic E-state index is 11.2. The van der Waals surface area contributed by atoms with E-state index in [0.717, 1.165) is 15.2 Å². The molecule has 1 aromatic carbocycles. The highest BCUT2D eigenvalue weighted by Crippen LogP contribution is 2.33. The van der Waals surface area contributed by atoms with E-state index in [9.17, 15) is 10.1 Å². The van der Waals surface area contributed by atoms with Crippen molar-refractivity contribution in [3.8, 4) is 0 Å². The van der Waals surface area contributed by atoms with Gasteiger partial charge in [-0.15, -0.1) is 11.3 Å². The number of benzene rings is 1. The van der Waals surface area contributed by atoms with Crippen molar-refractivity contribution in [2.24, 2.45) is 11.7 Å². The molecule has 0 fully saturated rings. The second-order valence-corrected chi connectivity index (χ2v) is 6.29. The average molecular weight is 294 g/mol. The van der Waals surface area contributed by atoms with Crippen LogP contribution in [0.1, 0.15) is 18.9 Å². The van der Waals surface area contributed by atoms with Crippen LogP contribution in [0.4, 0.5) is 11.4 Å². The molecule has 1 aromatic heterocycles. The maximum Gasteiger partial charge on any atom is 0.293 e. The number of aryl methyl sites for hydroxylation is 1. The predicted octanol–water partition coefficient (Wildman–Crippen LogP) is 2.91. The molecule has 1 heterocycles. The first kappa shape index (κ1) is 14.7. The minimum atomic E-state index is -0.370. The van der Waals surface area contributed by atoms with Crippen LogP contribution in [0.3, 0.4) is 0 Å². The highest BCUT2D eigenvalue weighted by molar-refractivity contribution is 7.18. The summed E-state index contributed by atoms with van der Waals surface area (Å²) < 4.78 is 0.827. The molecule has 0 aliphatic rings. The van der Waals surface area contributed by atoms with Gasteiger partial charge in [0.05, 0.1) is 20.1 Å². The Morgan fingerprint density at radius 2 is 2.20 bits per heavy atom. The summed E-state index contributed by atoms with van der Waals surface area (Å²) in [5, 5.41) is 15.3. The largest absolute Gasteiger partial charge is 0.375 e. The monoisotopic (exact) mass is 294 g/mol. The van der Waals surface area contributed by atoms with Gasteiger partial charge in [-0.25, -0.2) is 4.98 Å². The predicted molar refractivity (Wildman–Crippen MR) is 82.3 cm³/mol.